The van der Waals surface area contributed by atoms with Crippen molar-refractivity contribution in [3.8, 4) is 0 Å². The lowest BCUT2D eigenvalue weighted by Gasteiger charge is -2.29. The van der Waals surface area contributed by atoms with Crippen LogP contribution in [-0.4, -0.2) is 30.6 Å². The maximum absolute atomic E-state index is 11.7. The van der Waals surface area contributed by atoms with E-state index in [4.69, 9.17) is 0 Å². The normalized spacial score (nSPS) is 28.5. The summed E-state index contributed by atoms with van der Waals surface area (Å²) >= 11 is 0. The van der Waals surface area contributed by atoms with E-state index in [1.54, 1.807) is 0 Å². The maximum Gasteiger partial charge on any atom is 0.153 e. The summed E-state index contributed by atoms with van der Waals surface area (Å²) in [5, 5.41) is 10.0. The van der Waals surface area contributed by atoms with Crippen molar-refractivity contribution >= 4 is 9.84 Å². The number of sulfone groups is 1. The van der Waals surface area contributed by atoms with Crippen LogP contribution in [0, 0.1) is 6.92 Å². The molecule has 2 atom stereocenters. The van der Waals surface area contributed by atoms with E-state index >= 15 is 0 Å². The Morgan fingerprint density at radius 3 is 2.78 bits per heavy atom. The zero-order chi connectivity index (χ0) is 13.4. The summed E-state index contributed by atoms with van der Waals surface area (Å²) in [4.78, 5) is 0. The molecule has 2 rings (SSSR count). The zero-order valence-electron chi connectivity index (χ0n) is 10.9. The number of benzene rings is 1. The van der Waals surface area contributed by atoms with Crippen molar-refractivity contribution in [2.24, 2.45) is 0 Å². The Morgan fingerprint density at radius 1 is 1.44 bits per heavy atom. The number of hydrogen-bond acceptors (Lipinski definition) is 3. The molecule has 1 aromatic carbocycles. The summed E-state index contributed by atoms with van der Waals surface area (Å²) in [7, 11) is -3.19. The van der Waals surface area contributed by atoms with E-state index in [1.165, 1.54) is 6.26 Å². The molecule has 0 aromatic heterocycles. The van der Waals surface area contributed by atoms with Crippen molar-refractivity contribution in [3.63, 3.8) is 0 Å². The van der Waals surface area contributed by atoms with Crippen molar-refractivity contribution in [1.29, 1.82) is 0 Å². The Balaban J connectivity index is 2.26. The molecule has 4 heteroatoms. The van der Waals surface area contributed by atoms with Crippen LogP contribution in [0.15, 0.2) is 24.3 Å². The second-order valence-electron chi connectivity index (χ2n) is 5.48. The van der Waals surface area contributed by atoms with Crippen LogP contribution in [0.5, 0.6) is 0 Å². The van der Waals surface area contributed by atoms with E-state index in [2.05, 4.69) is 0 Å². The van der Waals surface area contributed by atoms with Crippen molar-refractivity contribution in [2.75, 3.05) is 6.26 Å². The minimum absolute atomic E-state index is 0.423. The first-order valence-electron chi connectivity index (χ1n) is 6.28. The predicted molar refractivity (Wildman–Crippen MR) is 72.3 cm³/mol. The quantitative estimate of drug-likeness (QED) is 0.910. The highest BCUT2D eigenvalue weighted by atomic mass is 32.2. The Morgan fingerprint density at radius 2 is 2.17 bits per heavy atom. The van der Waals surface area contributed by atoms with Crippen molar-refractivity contribution in [1.82, 2.24) is 0 Å². The van der Waals surface area contributed by atoms with Crippen molar-refractivity contribution < 1.29 is 13.5 Å². The highest BCUT2D eigenvalue weighted by Gasteiger charge is 2.46. The Hall–Kier alpha value is -0.870. The molecule has 1 fully saturated rings. The maximum atomic E-state index is 11.7. The van der Waals surface area contributed by atoms with E-state index in [0.29, 0.717) is 19.3 Å². The molecule has 100 valence electrons. The minimum Gasteiger partial charge on any atom is -0.388 e. The van der Waals surface area contributed by atoms with E-state index in [9.17, 15) is 13.5 Å². The summed E-state index contributed by atoms with van der Waals surface area (Å²) in [6, 6.07) is 7.90. The molecule has 1 aromatic rings. The largest absolute Gasteiger partial charge is 0.388 e. The molecule has 0 radical (unpaired) electrons. The molecule has 1 aliphatic rings. The summed E-state index contributed by atoms with van der Waals surface area (Å²) in [5.74, 6) is 0. The highest BCUT2D eigenvalue weighted by molar-refractivity contribution is 7.91. The Bertz CT molecular complexity index is 536. The van der Waals surface area contributed by atoms with Gasteiger partial charge < -0.3 is 5.11 Å². The standard InChI is InChI=1S/C14H20O3S/c1-11-5-3-6-12(9-11)10-14(15)8-4-7-13(14)18(2,16)17/h3,5-6,9,13,15H,4,7-8,10H2,1-2H3. The highest BCUT2D eigenvalue weighted by Crippen LogP contribution is 2.37. The average molecular weight is 268 g/mol. The van der Waals surface area contributed by atoms with Gasteiger partial charge in [-0.2, -0.15) is 0 Å². The SMILES string of the molecule is Cc1cccc(CC2(O)CCCC2S(C)(=O)=O)c1. The zero-order valence-corrected chi connectivity index (χ0v) is 11.7. The minimum atomic E-state index is -3.19. The van der Waals surface area contributed by atoms with Crippen LogP contribution in [-0.2, 0) is 16.3 Å². The monoisotopic (exact) mass is 268 g/mol. The predicted octanol–water partition coefficient (Wildman–Crippen LogP) is 1.87. The van der Waals surface area contributed by atoms with E-state index in [-0.39, 0.29) is 0 Å². The van der Waals surface area contributed by atoms with Crippen LogP contribution in [0.25, 0.3) is 0 Å². The van der Waals surface area contributed by atoms with Gasteiger partial charge in [-0.3, -0.25) is 0 Å². The molecule has 1 saturated carbocycles. The smallest absolute Gasteiger partial charge is 0.153 e. The number of rotatable bonds is 3. The van der Waals surface area contributed by atoms with Gasteiger partial charge in [0.2, 0.25) is 0 Å². The lowest BCUT2D eigenvalue weighted by atomic mass is 9.92. The molecule has 0 spiro atoms. The summed E-state index contributed by atoms with van der Waals surface area (Å²) in [6.07, 6.45) is 3.57. The Labute approximate surface area is 109 Å². The molecule has 0 bridgehead atoms. The number of aliphatic hydroxyl groups is 1. The summed E-state index contributed by atoms with van der Waals surface area (Å²) in [5.41, 5.74) is 1.04. The molecular formula is C14H20O3S. The van der Waals surface area contributed by atoms with Gasteiger partial charge in [0.05, 0.1) is 10.9 Å². The fourth-order valence-corrected chi connectivity index (χ4v) is 4.61. The lowest BCUT2D eigenvalue weighted by molar-refractivity contribution is 0.0513. The van der Waals surface area contributed by atoms with Gasteiger partial charge >= 0.3 is 0 Å². The molecule has 0 amide bonds. The first-order chi connectivity index (χ1) is 8.31. The number of hydrogen-bond donors (Lipinski definition) is 1. The molecule has 0 aliphatic heterocycles. The molecule has 1 aliphatic carbocycles. The first kappa shape index (κ1) is 13.6. The molecule has 0 saturated heterocycles. The third kappa shape index (κ3) is 2.75. The van der Waals surface area contributed by atoms with Crippen LogP contribution in [0.2, 0.25) is 0 Å². The van der Waals surface area contributed by atoms with Crippen LogP contribution in [0.1, 0.15) is 30.4 Å². The molecule has 1 N–H and O–H groups in total. The van der Waals surface area contributed by atoms with E-state index in [0.717, 1.165) is 17.5 Å². The van der Waals surface area contributed by atoms with Crippen LogP contribution in [0.4, 0.5) is 0 Å². The average Bonchev–Trinajstić information content (AvgIpc) is 2.59. The molecule has 2 unspecified atom stereocenters. The van der Waals surface area contributed by atoms with Gasteiger partial charge in [-0.05, 0) is 31.7 Å². The van der Waals surface area contributed by atoms with Gasteiger partial charge in [-0.25, -0.2) is 8.42 Å². The molecule has 18 heavy (non-hydrogen) atoms. The number of aryl methyl sites for hydroxylation is 1. The molecule has 0 heterocycles. The third-order valence-electron chi connectivity index (χ3n) is 3.78. The van der Waals surface area contributed by atoms with Crippen LogP contribution < -0.4 is 0 Å². The van der Waals surface area contributed by atoms with E-state index < -0.39 is 20.7 Å². The fraction of sp³-hybridized carbons (Fsp3) is 0.571. The molecule has 3 nitrogen and oxygen atoms in total. The van der Waals surface area contributed by atoms with Gasteiger partial charge in [-0.15, -0.1) is 0 Å². The Kier molecular flexibility index (Phi) is 3.52. The fourth-order valence-electron chi connectivity index (χ4n) is 3.01. The van der Waals surface area contributed by atoms with Crippen molar-refractivity contribution in [3.05, 3.63) is 35.4 Å². The lowest BCUT2D eigenvalue weighted by Crippen LogP contribution is -2.44. The first-order valence-corrected chi connectivity index (χ1v) is 8.23. The summed E-state index contributed by atoms with van der Waals surface area (Å²) in [6.45, 7) is 2.00. The topological polar surface area (TPSA) is 54.4 Å². The summed E-state index contributed by atoms with van der Waals surface area (Å²) < 4.78 is 23.5. The van der Waals surface area contributed by atoms with Gasteiger partial charge in [0.15, 0.2) is 9.84 Å². The van der Waals surface area contributed by atoms with Gasteiger partial charge in [-0.1, -0.05) is 29.8 Å². The van der Waals surface area contributed by atoms with Crippen LogP contribution in [0.3, 0.4) is 0 Å². The van der Waals surface area contributed by atoms with E-state index in [1.807, 2.05) is 31.2 Å². The van der Waals surface area contributed by atoms with Crippen molar-refractivity contribution in [2.45, 2.75) is 43.5 Å². The molecular weight excluding hydrogens is 248 g/mol. The van der Waals surface area contributed by atoms with Gasteiger partial charge in [0, 0.05) is 12.7 Å². The van der Waals surface area contributed by atoms with Crippen LogP contribution >= 0.6 is 0 Å². The third-order valence-corrected chi connectivity index (χ3v) is 5.49. The second-order valence-corrected chi connectivity index (χ2v) is 7.71. The second kappa shape index (κ2) is 4.67. The van der Waals surface area contributed by atoms with Gasteiger partial charge in [0.25, 0.3) is 0 Å². The van der Waals surface area contributed by atoms with Gasteiger partial charge in [0.1, 0.15) is 0 Å².